The fraction of sp³-hybridized carbons (Fsp3) is 0. The van der Waals surface area contributed by atoms with Gasteiger partial charge in [-0.05, 0) is 36.4 Å². The summed E-state index contributed by atoms with van der Waals surface area (Å²) in [7, 11) is 0. The predicted molar refractivity (Wildman–Crippen MR) is 200 cm³/mol. The molecule has 0 fully saturated rings. The maximum absolute atomic E-state index is 11.6. The van der Waals surface area contributed by atoms with Gasteiger partial charge in [0.25, 0.3) is 0 Å². The third kappa shape index (κ3) is 9.19. The van der Waals surface area contributed by atoms with Crippen LogP contribution >= 0.6 is 0 Å². The Morgan fingerprint density at radius 3 is 0.745 bits per heavy atom. The summed E-state index contributed by atoms with van der Waals surface area (Å²) in [6.45, 7) is 0. The maximum atomic E-state index is 11.6. The zero-order valence-corrected chi connectivity index (χ0v) is 30.0. The topological polar surface area (TPSA) is 186 Å². The van der Waals surface area contributed by atoms with Crippen LogP contribution in [0.2, 0.25) is 0 Å². The van der Waals surface area contributed by atoms with Crippen molar-refractivity contribution in [3.63, 3.8) is 0 Å². The van der Waals surface area contributed by atoms with Crippen LogP contribution in [0.5, 0.6) is 17.2 Å². The van der Waals surface area contributed by atoms with Gasteiger partial charge in [0, 0.05) is 33.4 Å². The molecule has 0 N–H and O–H groups in total. The maximum Gasteiger partial charge on any atom is 3.00 e. The second-order valence-corrected chi connectivity index (χ2v) is 11.3. The molecule has 0 spiro atoms. The van der Waals surface area contributed by atoms with Crippen LogP contribution in [-0.2, 0) is 0 Å². The van der Waals surface area contributed by atoms with Crippen molar-refractivity contribution >= 4 is 17.4 Å². The second-order valence-electron chi connectivity index (χ2n) is 11.3. The molecule has 0 aliphatic rings. The van der Waals surface area contributed by atoms with Gasteiger partial charge in [0.2, 0.25) is 35.3 Å². The Morgan fingerprint density at radius 1 is 0.273 bits per heavy atom. The first-order valence-corrected chi connectivity index (χ1v) is 16.5. The molecule has 264 valence electrons. The second kappa shape index (κ2) is 17.9. The first kappa shape index (κ1) is 37.4. The number of rotatable bonds is 6. The number of hydrogen-bond acceptors (Lipinski definition) is 12. The number of para-hydroxylation sites is 3. The van der Waals surface area contributed by atoms with E-state index in [4.69, 9.17) is 13.3 Å². The molecule has 12 nitrogen and oxygen atoms in total. The quantitative estimate of drug-likeness (QED) is 0.159. The Balaban J connectivity index is 0.000000139. The van der Waals surface area contributed by atoms with Crippen molar-refractivity contribution < 1.29 is 28.6 Å². The fourth-order valence-electron chi connectivity index (χ4n) is 5.02. The average molecular weight is 739 g/mol. The molecule has 9 aromatic rings. The van der Waals surface area contributed by atoms with Crippen molar-refractivity contribution in [2.75, 3.05) is 0 Å². The standard InChI is InChI=1S/3C14H10N2O2.Al/c3*17-12-9-5-4-8-11(12)14-16-15-13(18-14)10-6-2-1-3-7-10;/h3*1-9,17H;/q;;;+3/p-3. The number of nitrogens with zero attached hydrogens (tertiary/aromatic N) is 6. The zero-order valence-electron chi connectivity index (χ0n) is 28.8. The van der Waals surface area contributed by atoms with Crippen LogP contribution in [0, 0.1) is 0 Å². The largest absolute Gasteiger partial charge is 3.00 e. The summed E-state index contributed by atoms with van der Waals surface area (Å²) < 4.78 is 16.5. The summed E-state index contributed by atoms with van der Waals surface area (Å²) in [5.41, 5.74) is 3.77. The van der Waals surface area contributed by atoms with Gasteiger partial charge in [-0.15, -0.1) is 30.6 Å². The molecule has 0 saturated carbocycles. The Morgan fingerprint density at radius 2 is 0.491 bits per heavy atom. The van der Waals surface area contributed by atoms with E-state index in [1.165, 1.54) is 18.2 Å². The molecule has 9 rings (SSSR count). The van der Waals surface area contributed by atoms with Gasteiger partial charge in [-0.2, -0.15) is 0 Å². The average Bonchev–Trinajstić information content (AvgIpc) is 4.03. The van der Waals surface area contributed by atoms with Crippen molar-refractivity contribution in [3.8, 4) is 86.0 Å². The summed E-state index contributed by atoms with van der Waals surface area (Å²) in [5, 5.41) is 58.5. The predicted octanol–water partition coefficient (Wildman–Crippen LogP) is 7.05. The van der Waals surface area contributed by atoms with Gasteiger partial charge in [0.1, 0.15) is 0 Å². The third-order valence-electron chi connectivity index (χ3n) is 7.69. The third-order valence-corrected chi connectivity index (χ3v) is 7.69. The Hall–Kier alpha value is -7.33. The van der Waals surface area contributed by atoms with Crippen LogP contribution in [0.3, 0.4) is 0 Å². The number of benzene rings is 6. The van der Waals surface area contributed by atoms with Gasteiger partial charge >= 0.3 is 17.4 Å². The molecule has 55 heavy (non-hydrogen) atoms. The summed E-state index contributed by atoms with van der Waals surface area (Å²) in [6.07, 6.45) is 0. The van der Waals surface area contributed by atoms with Crippen molar-refractivity contribution in [2.45, 2.75) is 0 Å². The van der Waals surface area contributed by atoms with E-state index >= 15 is 0 Å². The van der Waals surface area contributed by atoms with Crippen LogP contribution in [0.1, 0.15) is 0 Å². The summed E-state index contributed by atoms with van der Waals surface area (Å²) in [5.74, 6) is 1.61. The molecule has 3 aromatic heterocycles. The van der Waals surface area contributed by atoms with Crippen molar-refractivity contribution in [1.29, 1.82) is 0 Å². The van der Waals surface area contributed by atoms with Gasteiger partial charge in [0.05, 0.1) is 0 Å². The first-order valence-electron chi connectivity index (χ1n) is 16.5. The summed E-state index contributed by atoms with van der Waals surface area (Å²) >= 11 is 0. The van der Waals surface area contributed by atoms with Gasteiger partial charge < -0.3 is 28.6 Å². The van der Waals surface area contributed by atoms with Crippen LogP contribution in [0.25, 0.3) is 68.7 Å². The van der Waals surface area contributed by atoms with Crippen molar-refractivity contribution in [3.05, 3.63) is 164 Å². The smallest absolute Gasteiger partial charge is 0.872 e. The Labute approximate surface area is 325 Å². The van der Waals surface area contributed by atoms with E-state index in [1.54, 1.807) is 54.6 Å². The van der Waals surface area contributed by atoms with E-state index in [0.29, 0.717) is 34.4 Å². The molecular formula is C42H27AlN6O6. The molecule has 0 atom stereocenters. The summed E-state index contributed by atoms with van der Waals surface area (Å²) in [4.78, 5) is 0. The van der Waals surface area contributed by atoms with Crippen molar-refractivity contribution in [1.82, 2.24) is 30.6 Å². The molecule has 0 radical (unpaired) electrons. The van der Waals surface area contributed by atoms with Gasteiger partial charge in [-0.1, -0.05) is 145 Å². The normalized spacial score (nSPS) is 10.3. The van der Waals surface area contributed by atoms with E-state index < -0.39 is 0 Å². The molecule has 0 aliphatic heterocycles. The van der Waals surface area contributed by atoms with Gasteiger partial charge in [-0.25, -0.2) is 0 Å². The van der Waals surface area contributed by atoms with E-state index in [-0.39, 0.29) is 52.3 Å². The SMILES string of the molecule is [Al+3].[O-]c1ccccc1-c1nnc(-c2ccccc2)o1.[O-]c1ccccc1-c1nnc(-c2ccccc2)o1.[O-]c1ccccc1-c1nnc(-c2ccccc2)o1. The van der Waals surface area contributed by atoms with Gasteiger partial charge in [-0.3, -0.25) is 0 Å². The first-order chi connectivity index (χ1) is 26.5. The Kier molecular flexibility index (Phi) is 12.2. The molecule has 0 aliphatic carbocycles. The molecule has 3 heterocycles. The van der Waals surface area contributed by atoms with Crippen molar-refractivity contribution in [2.24, 2.45) is 0 Å². The molecule has 13 heteroatoms. The monoisotopic (exact) mass is 738 g/mol. The van der Waals surface area contributed by atoms with E-state index in [2.05, 4.69) is 30.6 Å². The minimum absolute atomic E-state index is 0. The molecule has 6 aromatic carbocycles. The minimum Gasteiger partial charge on any atom is -0.872 e. The van der Waals surface area contributed by atoms with Gasteiger partial charge in [0.15, 0.2) is 0 Å². The number of aromatic nitrogens is 6. The molecule has 0 saturated heterocycles. The van der Waals surface area contributed by atoms with E-state index in [1.807, 2.05) is 91.0 Å². The van der Waals surface area contributed by atoms with E-state index in [0.717, 1.165) is 16.7 Å². The molecule has 0 unspecified atom stereocenters. The van der Waals surface area contributed by atoms with Crippen LogP contribution in [0.4, 0.5) is 0 Å². The fourth-order valence-corrected chi connectivity index (χ4v) is 5.02. The molecule has 0 amide bonds. The van der Waals surface area contributed by atoms with Crippen LogP contribution in [0.15, 0.2) is 177 Å². The minimum atomic E-state index is -0.124. The molecule has 0 bridgehead atoms. The summed E-state index contributed by atoms with van der Waals surface area (Å²) in [6, 6.07) is 48.1. The molecular weight excluding hydrogens is 711 g/mol. The van der Waals surface area contributed by atoms with Crippen LogP contribution < -0.4 is 15.3 Å². The Bertz CT molecular complexity index is 2280. The van der Waals surface area contributed by atoms with E-state index in [9.17, 15) is 15.3 Å². The zero-order chi connectivity index (χ0) is 37.1. The van der Waals surface area contributed by atoms with Crippen LogP contribution in [-0.4, -0.2) is 48.0 Å². The number of hydrogen-bond donors (Lipinski definition) is 0.